The minimum atomic E-state index is -0.349. The molecule has 0 amide bonds. The van der Waals surface area contributed by atoms with Crippen LogP contribution in [0.4, 0.5) is 0 Å². The van der Waals surface area contributed by atoms with Gasteiger partial charge in [-0.05, 0) is 44.1 Å². The van der Waals surface area contributed by atoms with Gasteiger partial charge in [0, 0.05) is 5.56 Å². The van der Waals surface area contributed by atoms with E-state index in [0.717, 1.165) is 5.56 Å². The molecule has 0 bridgehead atoms. The van der Waals surface area contributed by atoms with E-state index in [0.29, 0.717) is 0 Å². The number of aryl methyl sites for hydroxylation is 3. The summed E-state index contributed by atoms with van der Waals surface area (Å²) in [6, 6.07) is 4.23. The van der Waals surface area contributed by atoms with Gasteiger partial charge in [-0.25, -0.2) is 0 Å². The highest BCUT2D eigenvalue weighted by atomic mass is 32.1. The van der Waals surface area contributed by atoms with Crippen LogP contribution in [0.15, 0.2) is 22.4 Å². The monoisotopic (exact) mass is 220 g/mol. The van der Waals surface area contributed by atoms with Gasteiger partial charge in [-0.3, -0.25) is 0 Å². The minimum absolute atomic E-state index is 0.222. The predicted octanol–water partition coefficient (Wildman–Crippen LogP) is 3.38. The van der Waals surface area contributed by atoms with Crippen molar-refractivity contribution in [3.8, 4) is 0 Å². The summed E-state index contributed by atoms with van der Waals surface area (Å²) in [5.74, 6) is 0. The summed E-state index contributed by atoms with van der Waals surface area (Å²) >= 11 is 4.83. The van der Waals surface area contributed by atoms with Gasteiger partial charge in [0.05, 0.1) is 0 Å². The summed E-state index contributed by atoms with van der Waals surface area (Å²) < 4.78 is 5.35. The largest absolute Gasteiger partial charge is 0.436 e. The molecule has 0 saturated heterocycles. The third-order valence-electron chi connectivity index (χ3n) is 2.44. The van der Waals surface area contributed by atoms with Crippen molar-refractivity contribution in [2.24, 2.45) is 10.2 Å². The van der Waals surface area contributed by atoms with E-state index in [-0.39, 0.29) is 11.4 Å². The Kier molecular flexibility index (Phi) is 2.52. The number of rotatable bonds is 1. The maximum absolute atomic E-state index is 5.35. The van der Waals surface area contributed by atoms with Gasteiger partial charge in [0.25, 0.3) is 0 Å². The second-order valence-electron chi connectivity index (χ2n) is 3.76. The van der Waals surface area contributed by atoms with Gasteiger partial charge in [0.1, 0.15) is 0 Å². The van der Waals surface area contributed by atoms with Crippen LogP contribution in [0.3, 0.4) is 0 Å². The van der Waals surface area contributed by atoms with E-state index in [1.54, 1.807) is 0 Å². The molecule has 1 atom stereocenters. The molecule has 0 radical (unpaired) electrons. The van der Waals surface area contributed by atoms with Gasteiger partial charge in [-0.2, -0.15) is 0 Å². The maximum Gasteiger partial charge on any atom is 0.304 e. The average Bonchev–Trinajstić information content (AvgIpc) is 2.49. The molecule has 1 heterocycles. The molecule has 0 fully saturated rings. The highest BCUT2D eigenvalue weighted by Crippen LogP contribution is 2.30. The second kappa shape index (κ2) is 3.70. The lowest BCUT2D eigenvalue weighted by atomic mass is 9.99. The van der Waals surface area contributed by atoms with Crippen LogP contribution >= 0.6 is 12.2 Å². The Balaban J connectivity index is 2.45. The summed E-state index contributed by atoms with van der Waals surface area (Å²) in [6.07, 6.45) is -0.349. The number of hydrogen-bond donors (Lipinski definition) is 0. The van der Waals surface area contributed by atoms with E-state index in [1.165, 1.54) is 16.7 Å². The lowest BCUT2D eigenvalue weighted by molar-refractivity contribution is 0.225. The average molecular weight is 220 g/mol. The molecule has 4 heteroatoms. The maximum atomic E-state index is 5.35. The van der Waals surface area contributed by atoms with Crippen molar-refractivity contribution < 1.29 is 4.74 Å². The van der Waals surface area contributed by atoms with Crippen molar-refractivity contribution in [3.05, 3.63) is 34.4 Å². The predicted molar refractivity (Wildman–Crippen MR) is 61.9 cm³/mol. The van der Waals surface area contributed by atoms with Crippen LogP contribution in [-0.2, 0) is 4.74 Å². The van der Waals surface area contributed by atoms with Crippen molar-refractivity contribution in [3.63, 3.8) is 0 Å². The summed E-state index contributed by atoms with van der Waals surface area (Å²) in [4.78, 5) is 0. The lowest BCUT2D eigenvalue weighted by Gasteiger charge is -2.14. The molecule has 0 N–H and O–H groups in total. The van der Waals surface area contributed by atoms with Crippen LogP contribution in [0.5, 0.6) is 0 Å². The molecule has 1 aromatic rings. The zero-order chi connectivity index (χ0) is 11.0. The van der Waals surface area contributed by atoms with Crippen LogP contribution in [0.25, 0.3) is 0 Å². The van der Waals surface area contributed by atoms with E-state index >= 15 is 0 Å². The molecule has 0 spiro atoms. The van der Waals surface area contributed by atoms with Crippen LogP contribution in [0.2, 0.25) is 0 Å². The Hall–Kier alpha value is -1.29. The number of azo groups is 1. The van der Waals surface area contributed by atoms with Crippen LogP contribution < -0.4 is 0 Å². The van der Waals surface area contributed by atoms with Crippen molar-refractivity contribution >= 4 is 17.4 Å². The van der Waals surface area contributed by atoms with E-state index in [1.807, 2.05) is 0 Å². The van der Waals surface area contributed by atoms with Gasteiger partial charge in [0.15, 0.2) is 0 Å². The first-order chi connectivity index (χ1) is 7.08. The molecular weight excluding hydrogens is 208 g/mol. The van der Waals surface area contributed by atoms with Gasteiger partial charge in [-0.1, -0.05) is 17.7 Å². The normalized spacial score (nSPS) is 19.4. The van der Waals surface area contributed by atoms with Crippen molar-refractivity contribution in [1.82, 2.24) is 0 Å². The number of hydrogen-bond acceptors (Lipinski definition) is 3. The highest BCUT2D eigenvalue weighted by molar-refractivity contribution is 7.80. The molecule has 0 aromatic heterocycles. The Morgan fingerprint density at radius 3 is 2.27 bits per heavy atom. The Morgan fingerprint density at radius 1 is 1.20 bits per heavy atom. The van der Waals surface area contributed by atoms with E-state index < -0.39 is 0 Å². The quantitative estimate of drug-likeness (QED) is 0.680. The van der Waals surface area contributed by atoms with Crippen LogP contribution in [-0.4, -0.2) is 5.17 Å². The van der Waals surface area contributed by atoms with Crippen molar-refractivity contribution in [2.75, 3.05) is 0 Å². The fraction of sp³-hybridized carbons (Fsp3) is 0.364. The summed E-state index contributed by atoms with van der Waals surface area (Å²) in [6.45, 7) is 6.18. The molecule has 1 aliphatic heterocycles. The zero-order valence-electron chi connectivity index (χ0n) is 8.94. The van der Waals surface area contributed by atoms with Crippen LogP contribution in [0, 0.1) is 20.8 Å². The zero-order valence-corrected chi connectivity index (χ0v) is 9.76. The number of thiocarbonyl (C=S) groups is 1. The molecule has 2 rings (SSSR count). The first-order valence-corrected chi connectivity index (χ1v) is 5.18. The van der Waals surface area contributed by atoms with E-state index in [2.05, 4.69) is 43.1 Å². The minimum Gasteiger partial charge on any atom is -0.436 e. The van der Waals surface area contributed by atoms with E-state index in [9.17, 15) is 0 Å². The summed E-state index contributed by atoms with van der Waals surface area (Å²) in [7, 11) is 0. The number of ether oxygens (including phenoxy) is 1. The molecule has 3 nitrogen and oxygen atoms in total. The molecule has 1 unspecified atom stereocenters. The van der Waals surface area contributed by atoms with Gasteiger partial charge < -0.3 is 4.74 Å². The van der Waals surface area contributed by atoms with Gasteiger partial charge in [-0.15, -0.1) is 10.2 Å². The SMILES string of the molecule is Cc1cc(C)c(C2N=NC(=S)O2)c(C)c1. The van der Waals surface area contributed by atoms with E-state index in [4.69, 9.17) is 17.0 Å². The van der Waals surface area contributed by atoms with Crippen LogP contribution in [0.1, 0.15) is 28.5 Å². The fourth-order valence-electron chi connectivity index (χ4n) is 1.94. The second-order valence-corrected chi connectivity index (χ2v) is 4.11. The fourth-order valence-corrected chi connectivity index (χ4v) is 2.08. The Bertz CT molecular complexity index is 431. The van der Waals surface area contributed by atoms with Gasteiger partial charge in [0.2, 0.25) is 6.23 Å². The third kappa shape index (κ3) is 1.90. The van der Waals surface area contributed by atoms with Gasteiger partial charge >= 0.3 is 5.17 Å². The Morgan fingerprint density at radius 2 is 1.80 bits per heavy atom. The third-order valence-corrected chi connectivity index (χ3v) is 2.62. The first-order valence-electron chi connectivity index (χ1n) is 4.77. The first kappa shape index (κ1) is 10.2. The topological polar surface area (TPSA) is 34.0 Å². The molecule has 78 valence electrons. The summed E-state index contributed by atoms with van der Waals surface area (Å²) in [5.41, 5.74) is 4.65. The molecule has 0 saturated carbocycles. The molecule has 15 heavy (non-hydrogen) atoms. The molecular formula is C11H12N2OS. The number of benzene rings is 1. The lowest BCUT2D eigenvalue weighted by Crippen LogP contribution is -2.03. The highest BCUT2D eigenvalue weighted by Gasteiger charge is 2.23. The smallest absolute Gasteiger partial charge is 0.304 e. The summed E-state index contributed by atoms with van der Waals surface area (Å²) in [5, 5.41) is 7.95. The Labute approximate surface area is 94.2 Å². The molecule has 1 aromatic carbocycles. The van der Waals surface area contributed by atoms with Crippen molar-refractivity contribution in [1.29, 1.82) is 0 Å². The molecule has 0 aliphatic carbocycles. The molecule has 1 aliphatic rings. The standard InChI is InChI=1S/C11H12N2OS/c1-6-4-7(2)9(8(3)5-6)10-12-13-11(15)14-10/h4-5,10H,1-3H3. The number of nitrogens with zero attached hydrogens (tertiary/aromatic N) is 2. The van der Waals surface area contributed by atoms with Crippen molar-refractivity contribution in [2.45, 2.75) is 27.0 Å².